The lowest BCUT2D eigenvalue weighted by Crippen LogP contribution is -2.52. The Morgan fingerprint density at radius 2 is 1.94 bits per heavy atom. The molecule has 156 valence electrons. The topological polar surface area (TPSA) is 131 Å². The van der Waals surface area contributed by atoms with Gasteiger partial charge in [0.15, 0.2) is 0 Å². The highest BCUT2D eigenvalue weighted by atomic mass is 16.2. The van der Waals surface area contributed by atoms with Crippen LogP contribution in [0.5, 0.6) is 0 Å². The molecule has 0 radical (unpaired) electrons. The third kappa shape index (κ3) is 4.23. The zero-order chi connectivity index (χ0) is 22.0. The number of urea groups is 1. The molecule has 9 nitrogen and oxygen atoms in total. The van der Waals surface area contributed by atoms with Crippen molar-refractivity contribution in [3.05, 3.63) is 64.7 Å². The van der Waals surface area contributed by atoms with Crippen molar-refractivity contribution in [2.75, 3.05) is 5.32 Å². The number of hydrogen-bond acceptors (Lipinski definition) is 5. The lowest BCUT2D eigenvalue weighted by molar-refractivity contribution is -0.136. The zero-order valence-electron chi connectivity index (χ0n) is 16.5. The Hall–Kier alpha value is -4.19. The van der Waals surface area contributed by atoms with Crippen molar-refractivity contribution in [3.8, 4) is 6.07 Å². The predicted octanol–water partition coefficient (Wildman–Crippen LogP) is 1.64. The van der Waals surface area contributed by atoms with E-state index in [1.165, 1.54) is 4.90 Å². The van der Waals surface area contributed by atoms with Gasteiger partial charge >= 0.3 is 6.03 Å². The zero-order valence-corrected chi connectivity index (χ0v) is 16.5. The second-order valence-electron chi connectivity index (χ2n) is 7.39. The van der Waals surface area contributed by atoms with Crippen molar-refractivity contribution in [2.45, 2.75) is 32.0 Å². The van der Waals surface area contributed by atoms with Crippen molar-refractivity contribution in [3.63, 3.8) is 0 Å². The van der Waals surface area contributed by atoms with Gasteiger partial charge in [-0.3, -0.25) is 19.7 Å². The SMILES string of the molecule is N#Cc1ccc(NC(=O)NCc2ccc3c(c2)C(=O)N(C2CCC(=O)NC2=O)C3)cc1. The van der Waals surface area contributed by atoms with Gasteiger partial charge in [-0.2, -0.15) is 5.26 Å². The molecule has 1 fully saturated rings. The molecule has 9 heteroatoms. The molecule has 0 aliphatic carbocycles. The van der Waals surface area contributed by atoms with Gasteiger partial charge in [-0.15, -0.1) is 0 Å². The van der Waals surface area contributed by atoms with Crippen LogP contribution in [0.2, 0.25) is 0 Å². The first-order chi connectivity index (χ1) is 14.9. The molecule has 1 unspecified atom stereocenters. The van der Waals surface area contributed by atoms with E-state index in [4.69, 9.17) is 5.26 Å². The molecule has 5 amide bonds. The molecule has 4 rings (SSSR count). The Morgan fingerprint density at radius 1 is 1.16 bits per heavy atom. The minimum Gasteiger partial charge on any atom is -0.334 e. The van der Waals surface area contributed by atoms with Crippen LogP contribution >= 0.6 is 0 Å². The molecule has 2 aromatic rings. The average molecular weight is 417 g/mol. The highest BCUT2D eigenvalue weighted by molar-refractivity contribution is 6.05. The maximum absolute atomic E-state index is 12.8. The lowest BCUT2D eigenvalue weighted by atomic mass is 10.0. The summed E-state index contributed by atoms with van der Waals surface area (Å²) in [5, 5.41) is 16.5. The molecule has 1 saturated heterocycles. The lowest BCUT2D eigenvalue weighted by Gasteiger charge is -2.29. The number of imide groups is 1. The van der Waals surface area contributed by atoms with E-state index in [1.54, 1.807) is 30.3 Å². The van der Waals surface area contributed by atoms with Crippen molar-refractivity contribution in [2.24, 2.45) is 0 Å². The average Bonchev–Trinajstić information content (AvgIpc) is 3.08. The molecule has 0 bridgehead atoms. The fourth-order valence-corrected chi connectivity index (χ4v) is 3.70. The Labute approximate surface area is 178 Å². The van der Waals surface area contributed by atoms with E-state index in [0.29, 0.717) is 29.8 Å². The van der Waals surface area contributed by atoms with Crippen molar-refractivity contribution in [1.82, 2.24) is 15.5 Å². The van der Waals surface area contributed by atoms with Gasteiger partial charge in [0.2, 0.25) is 11.8 Å². The summed E-state index contributed by atoms with van der Waals surface area (Å²) < 4.78 is 0. The van der Waals surface area contributed by atoms with Crippen LogP contribution in [0.3, 0.4) is 0 Å². The van der Waals surface area contributed by atoms with Crippen LogP contribution in [0.15, 0.2) is 42.5 Å². The number of fused-ring (bicyclic) bond motifs is 1. The Kier molecular flexibility index (Phi) is 5.37. The van der Waals surface area contributed by atoms with E-state index >= 15 is 0 Å². The Morgan fingerprint density at radius 3 is 2.65 bits per heavy atom. The first-order valence-electron chi connectivity index (χ1n) is 9.76. The van der Waals surface area contributed by atoms with Gasteiger partial charge in [0.25, 0.3) is 5.91 Å². The van der Waals surface area contributed by atoms with Crippen molar-refractivity contribution in [1.29, 1.82) is 5.26 Å². The highest BCUT2D eigenvalue weighted by Crippen LogP contribution is 2.28. The largest absolute Gasteiger partial charge is 0.334 e. The number of benzene rings is 2. The van der Waals surface area contributed by atoms with E-state index in [1.807, 2.05) is 18.2 Å². The number of carbonyl (C=O) groups is 4. The number of nitriles is 1. The molecule has 1 atom stereocenters. The Bertz CT molecular complexity index is 1120. The van der Waals surface area contributed by atoms with E-state index in [2.05, 4.69) is 16.0 Å². The summed E-state index contributed by atoms with van der Waals surface area (Å²) in [6.45, 7) is 0.522. The van der Waals surface area contributed by atoms with E-state index in [0.717, 1.165) is 11.1 Å². The standard InChI is InChI=1S/C22H19N5O4/c23-10-13-2-5-16(6-3-13)25-22(31)24-11-14-1-4-15-12-27(21(30)17(15)9-14)18-7-8-19(28)26-20(18)29/h1-6,9,18H,7-8,11-12H2,(H2,24,25,31)(H,26,28,29). The maximum Gasteiger partial charge on any atom is 0.319 e. The maximum atomic E-state index is 12.8. The fourth-order valence-electron chi connectivity index (χ4n) is 3.70. The summed E-state index contributed by atoms with van der Waals surface area (Å²) >= 11 is 0. The molecule has 2 aromatic carbocycles. The molecule has 0 aromatic heterocycles. The number of anilines is 1. The Balaban J connectivity index is 1.37. The summed E-state index contributed by atoms with van der Waals surface area (Å²) in [4.78, 5) is 49.9. The molecule has 3 N–H and O–H groups in total. The normalized spacial score (nSPS) is 17.6. The summed E-state index contributed by atoms with van der Waals surface area (Å²) in [6.07, 6.45) is 0.522. The second-order valence-corrected chi connectivity index (χ2v) is 7.39. The number of hydrogen-bond donors (Lipinski definition) is 3. The van der Waals surface area contributed by atoms with E-state index in [-0.39, 0.29) is 24.8 Å². The van der Waals surface area contributed by atoms with Crippen LogP contribution in [-0.2, 0) is 22.7 Å². The van der Waals surface area contributed by atoms with Gasteiger partial charge in [0.05, 0.1) is 11.6 Å². The summed E-state index contributed by atoms with van der Waals surface area (Å²) in [7, 11) is 0. The van der Waals surface area contributed by atoms with Crippen LogP contribution < -0.4 is 16.0 Å². The number of piperidine rings is 1. The quantitative estimate of drug-likeness (QED) is 0.651. The molecule has 31 heavy (non-hydrogen) atoms. The fraction of sp³-hybridized carbons (Fsp3) is 0.227. The minimum absolute atomic E-state index is 0.208. The molecule has 0 spiro atoms. The number of carbonyl (C=O) groups excluding carboxylic acids is 4. The van der Waals surface area contributed by atoms with Crippen LogP contribution in [0.25, 0.3) is 0 Å². The number of nitrogens with zero attached hydrogens (tertiary/aromatic N) is 2. The molecule has 2 aliphatic heterocycles. The highest BCUT2D eigenvalue weighted by Gasteiger charge is 2.39. The van der Waals surface area contributed by atoms with Crippen LogP contribution in [0.1, 0.15) is 39.9 Å². The second kappa shape index (κ2) is 8.28. The molecule has 2 aliphatic rings. The molecular formula is C22H19N5O4. The van der Waals surface area contributed by atoms with Gasteiger partial charge in [0.1, 0.15) is 6.04 Å². The molecule has 0 saturated carbocycles. The van der Waals surface area contributed by atoms with Gasteiger partial charge in [-0.1, -0.05) is 12.1 Å². The van der Waals surface area contributed by atoms with Crippen molar-refractivity contribution < 1.29 is 19.2 Å². The number of amides is 5. The smallest absolute Gasteiger partial charge is 0.319 e. The van der Waals surface area contributed by atoms with Crippen LogP contribution in [-0.4, -0.2) is 34.7 Å². The van der Waals surface area contributed by atoms with E-state index in [9.17, 15) is 19.2 Å². The number of nitrogens with one attached hydrogen (secondary N) is 3. The van der Waals surface area contributed by atoms with Gasteiger partial charge < -0.3 is 15.5 Å². The first kappa shape index (κ1) is 20.1. The van der Waals surface area contributed by atoms with Gasteiger partial charge in [-0.25, -0.2) is 4.79 Å². The van der Waals surface area contributed by atoms with Crippen LogP contribution in [0, 0.1) is 11.3 Å². The van der Waals surface area contributed by atoms with Gasteiger partial charge in [0, 0.05) is 30.8 Å². The third-order valence-corrected chi connectivity index (χ3v) is 5.32. The summed E-state index contributed by atoms with van der Waals surface area (Å²) in [6, 6.07) is 12.8. The van der Waals surface area contributed by atoms with Crippen LogP contribution in [0.4, 0.5) is 10.5 Å². The summed E-state index contributed by atoms with van der Waals surface area (Å²) in [5.41, 5.74) is 3.10. The molecule has 2 heterocycles. The van der Waals surface area contributed by atoms with Gasteiger partial charge in [-0.05, 0) is 47.9 Å². The summed E-state index contributed by atoms with van der Waals surface area (Å²) in [5.74, 6) is -1.02. The first-order valence-corrected chi connectivity index (χ1v) is 9.76. The predicted molar refractivity (Wildman–Crippen MR) is 110 cm³/mol. The monoisotopic (exact) mass is 417 g/mol. The third-order valence-electron chi connectivity index (χ3n) is 5.32. The molecular weight excluding hydrogens is 398 g/mol. The minimum atomic E-state index is -0.655. The van der Waals surface area contributed by atoms with Crippen molar-refractivity contribution >= 4 is 29.4 Å². The van der Waals surface area contributed by atoms with E-state index < -0.39 is 18.0 Å². The number of rotatable bonds is 4.